The molecule has 0 aliphatic heterocycles. The summed E-state index contributed by atoms with van der Waals surface area (Å²) in [6.45, 7) is 0.378. The Bertz CT molecular complexity index is 607. The van der Waals surface area contributed by atoms with Gasteiger partial charge < -0.3 is 4.74 Å². The molecule has 2 aromatic rings. The molecule has 0 unspecified atom stereocenters. The normalized spacial score (nSPS) is 10.6. The van der Waals surface area contributed by atoms with E-state index in [4.69, 9.17) is 9.94 Å². The van der Waals surface area contributed by atoms with E-state index in [0.717, 1.165) is 10.8 Å². The topological polar surface area (TPSA) is 62.7 Å². The maximum Gasteiger partial charge on any atom is 0.187 e. The number of benzene rings is 1. The van der Waals surface area contributed by atoms with Crippen LogP contribution in [0.3, 0.4) is 0 Å². The van der Waals surface area contributed by atoms with Crippen LogP contribution >= 0.6 is 0 Å². The van der Waals surface area contributed by atoms with Gasteiger partial charge in [-0.25, -0.2) is 0 Å². The lowest BCUT2D eigenvalue weighted by Gasteiger charge is -2.06. The first-order valence-electron chi connectivity index (χ1n) is 6.42. The lowest BCUT2D eigenvalue weighted by Crippen LogP contribution is -2.04. The Balaban J connectivity index is 1.94. The van der Waals surface area contributed by atoms with Gasteiger partial charge in [0.15, 0.2) is 5.78 Å². The molecule has 0 fully saturated rings. The molecule has 0 atom stereocenters. The van der Waals surface area contributed by atoms with Gasteiger partial charge in [-0.15, -0.1) is 0 Å². The van der Waals surface area contributed by atoms with Crippen molar-refractivity contribution in [2.24, 2.45) is 0 Å². The summed E-state index contributed by atoms with van der Waals surface area (Å²) in [4.78, 5) is 15.9. The second kappa shape index (κ2) is 7.21. The third kappa shape index (κ3) is 4.74. The molecule has 1 aromatic carbocycles. The zero-order chi connectivity index (χ0) is 15.1. The number of pyridine rings is 1. The molecule has 108 valence electrons. The largest absolute Gasteiger partial charge is 0.487 e. The Morgan fingerprint density at radius 1 is 1.29 bits per heavy atom. The van der Waals surface area contributed by atoms with Crippen LogP contribution < -0.4 is 4.74 Å². The van der Waals surface area contributed by atoms with Gasteiger partial charge in [0, 0.05) is 31.1 Å². The molecule has 21 heavy (non-hydrogen) atoms. The summed E-state index contributed by atoms with van der Waals surface area (Å²) in [5.41, 5.74) is 1.37. The number of hydrogen-bond acceptors (Lipinski definition) is 5. The minimum atomic E-state index is -0.188. The van der Waals surface area contributed by atoms with Crippen LogP contribution in [0.4, 0.5) is 0 Å². The van der Waals surface area contributed by atoms with E-state index in [-0.39, 0.29) is 5.78 Å². The van der Waals surface area contributed by atoms with Gasteiger partial charge in [0.2, 0.25) is 0 Å². The molecular formula is C16H16N2O3. The van der Waals surface area contributed by atoms with Gasteiger partial charge in [-0.05, 0) is 36.4 Å². The van der Waals surface area contributed by atoms with Crippen molar-refractivity contribution >= 4 is 5.78 Å². The highest BCUT2D eigenvalue weighted by atomic mass is 16.5. The van der Waals surface area contributed by atoms with E-state index >= 15 is 0 Å². The van der Waals surface area contributed by atoms with Crippen molar-refractivity contribution in [1.82, 2.24) is 10.0 Å². The van der Waals surface area contributed by atoms with Crippen LogP contribution in [0.2, 0.25) is 0 Å². The number of allylic oxidation sites excluding steroid dienone is 1. The Labute approximate surface area is 123 Å². The highest BCUT2D eigenvalue weighted by Crippen LogP contribution is 2.14. The second-order valence-corrected chi connectivity index (χ2v) is 4.39. The maximum absolute atomic E-state index is 11.8. The third-order valence-electron chi connectivity index (χ3n) is 2.69. The van der Waals surface area contributed by atoms with E-state index in [1.165, 1.54) is 19.3 Å². The fourth-order valence-electron chi connectivity index (χ4n) is 1.63. The minimum Gasteiger partial charge on any atom is -0.487 e. The number of hydrogen-bond donors (Lipinski definition) is 1. The fraction of sp³-hybridized carbons (Fsp3) is 0.125. The van der Waals surface area contributed by atoms with E-state index in [9.17, 15) is 4.79 Å². The first-order valence-corrected chi connectivity index (χ1v) is 6.42. The predicted octanol–water partition coefficient (Wildman–Crippen LogP) is 2.68. The van der Waals surface area contributed by atoms with Crippen molar-refractivity contribution in [2.75, 3.05) is 7.05 Å². The predicted molar refractivity (Wildman–Crippen MR) is 78.0 cm³/mol. The fourth-order valence-corrected chi connectivity index (χ4v) is 1.63. The SMILES string of the molecule is CN(O)/C=C\C(=O)c1ccc(OCc2ccccn2)cc1. The highest BCUT2D eigenvalue weighted by Gasteiger charge is 2.03. The van der Waals surface area contributed by atoms with E-state index in [1.54, 1.807) is 30.5 Å². The van der Waals surface area contributed by atoms with Gasteiger partial charge in [-0.2, -0.15) is 0 Å². The smallest absolute Gasteiger partial charge is 0.187 e. The van der Waals surface area contributed by atoms with Gasteiger partial charge >= 0.3 is 0 Å². The molecule has 5 heteroatoms. The summed E-state index contributed by atoms with van der Waals surface area (Å²) in [5.74, 6) is 0.479. The number of carbonyl (C=O) groups is 1. The van der Waals surface area contributed by atoms with Crippen LogP contribution in [0, 0.1) is 0 Å². The standard InChI is InChI=1S/C16H16N2O3/c1-18(20)11-9-16(19)13-5-7-15(8-6-13)21-12-14-4-2-3-10-17-14/h2-11,20H,12H2,1H3/b11-9-. The van der Waals surface area contributed by atoms with Gasteiger partial charge in [-0.3, -0.25) is 20.0 Å². The molecule has 0 bridgehead atoms. The molecule has 0 saturated heterocycles. The molecule has 2 rings (SSSR count). The van der Waals surface area contributed by atoms with Crippen LogP contribution in [0.15, 0.2) is 60.9 Å². The van der Waals surface area contributed by atoms with E-state index in [1.807, 2.05) is 18.2 Å². The lowest BCUT2D eigenvalue weighted by atomic mass is 10.1. The van der Waals surface area contributed by atoms with Crippen LogP contribution in [-0.2, 0) is 6.61 Å². The van der Waals surface area contributed by atoms with Crippen molar-refractivity contribution in [2.45, 2.75) is 6.61 Å². The van der Waals surface area contributed by atoms with Crippen LogP contribution in [0.1, 0.15) is 16.1 Å². The first kappa shape index (κ1) is 14.7. The summed E-state index contributed by atoms with van der Waals surface area (Å²) >= 11 is 0. The molecule has 5 nitrogen and oxygen atoms in total. The van der Waals surface area contributed by atoms with Gasteiger partial charge in [0.05, 0.1) is 5.69 Å². The summed E-state index contributed by atoms with van der Waals surface area (Å²) in [6, 6.07) is 12.4. The summed E-state index contributed by atoms with van der Waals surface area (Å²) in [7, 11) is 1.43. The highest BCUT2D eigenvalue weighted by molar-refractivity contribution is 6.04. The molecule has 0 aliphatic rings. The van der Waals surface area contributed by atoms with Crippen LogP contribution in [-0.4, -0.2) is 28.1 Å². The zero-order valence-corrected chi connectivity index (χ0v) is 11.6. The summed E-state index contributed by atoms with van der Waals surface area (Å²) in [5, 5.41) is 9.76. The summed E-state index contributed by atoms with van der Waals surface area (Å²) < 4.78 is 5.58. The van der Waals surface area contributed by atoms with Gasteiger partial charge in [0.1, 0.15) is 12.4 Å². The number of aromatic nitrogens is 1. The van der Waals surface area contributed by atoms with Crippen LogP contribution in [0.5, 0.6) is 5.75 Å². The average Bonchev–Trinajstić information content (AvgIpc) is 2.52. The third-order valence-corrected chi connectivity index (χ3v) is 2.69. The molecule has 1 aromatic heterocycles. The minimum absolute atomic E-state index is 0.188. The molecule has 0 amide bonds. The maximum atomic E-state index is 11.8. The molecule has 1 N–H and O–H groups in total. The Hall–Kier alpha value is -2.66. The molecule has 0 aliphatic carbocycles. The Kier molecular flexibility index (Phi) is 5.06. The van der Waals surface area contributed by atoms with Crippen molar-refractivity contribution in [3.8, 4) is 5.75 Å². The first-order chi connectivity index (χ1) is 10.1. The average molecular weight is 284 g/mol. The van der Waals surface area contributed by atoms with E-state index in [0.29, 0.717) is 17.9 Å². The van der Waals surface area contributed by atoms with E-state index < -0.39 is 0 Å². The zero-order valence-electron chi connectivity index (χ0n) is 11.6. The number of ether oxygens (including phenoxy) is 1. The second-order valence-electron chi connectivity index (χ2n) is 4.39. The number of carbonyl (C=O) groups excluding carboxylic acids is 1. The van der Waals surface area contributed by atoms with Crippen molar-refractivity contribution in [3.05, 3.63) is 72.2 Å². The van der Waals surface area contributed by atoms with Gasteiger partial charge in [-0.1, -0.05) is 6.07 Å². The van der Waals surface area contributed by atoms with Gasteiger partial charge in [0.25, 0.3) is 0 Å². The molecule has 0 radical (unpaired) electrons. The van der Waals surface area contributed by atoms with E-state index in [2.05, 4.69) is 4.98 Å². The molecular weight excluding hydrogens is 268 g/mol. The summed E-state index contributed by atoms with van der Waals surface area (Å²) in [6.07, 6.45) is 4.29. The molecule has 0 spiro atoms. The number of rotatable bonds is 6. The van der Waals surface area contributed by atoms with Crippen molar-refractivity contribution in [1.29, 1.82) is 0 Å². The lowest BCUT2D eigenvalue weighted by molar-refractivity contribution is -0.0130. The molecule has 1 heterocycles. The quantitative estimate of drug-likeness (QED) is 0.502. The van der Waals surface area contributed by atoms with Crippen molar-refractivity contribution < 1.29 is 14.7 Å². The van der Waals surface area contributed by atoms with Crippen LogP contribution in [0.25, 0.3) is 0 Å². The molecule has 0 saturated carbocycles. The Morgan fingerprint density at radius 3 is 2.67 bits per heavy atom. The number of ketones is 1. The van der Waals surface area contributed by atoms with Crippen molar-refractivity contribution in [3.63, 3.8) is 0 Å². The number of nitrogens with zero attached hydrogens (tertiary/aromatic N) is 2. The Morgan fingerprint density at radius 2 is 2.05 bits per heavy atom. The monoisotopic (exact) mass is 284 g/mol. The number of hydroxylamine groups is 2.